The van der Waals surface area contributed by atoms with E-state index in [0.717, 1.165) is 50.0 Å². The summed E-state index contributed by atoms with van der Waals surface area (Å²) in [5, 5.41) is 3.10. The summed E-state index contributed by atoms with van der Waals surface area (Å²) in [4.78, 5) is 14.2. The lowest BCUT2D eigenvalue weighted by atomic mass is 10.1. The van der Waals surface area contributed by atoms with Gasteiger partial charge in [-0.1, -0.05) is 19.1 Å². The first-order valence-electron chi connectivity index (χ1n) is 7.96. The number of halogens is 3. The van der Waals surface area contributed by atoms with Crippen molar-refractivity contribution >= 4 is 5.91 Å². The molecule has 23 heavy (non-hydrogen) atoms. The van der Waals surface area contributed by atoms with Gasteiger partial charge in [-0.25, -0.2) is 0 Å². The molecular weight excluding hydrogens is 305 g/mol. The molecule has 6 heteroatoms. The monoisotopic (exact) mass is 326 g/mol. The molecule has 3 rings (SSSR count). The number of alkyl halides is 3. The van der Waals surface area contributed by atoms with Gasteiger partial charge in [-0.3, -0.25) is 9.69 Å². The van der Waals surface area contributed by atoms with Crippen molar-refractivity contribution in [2.24, 2.45) is 5.41 Å². The van der Waals surface area contributed by atoms with E-state index in [1.165, 1.54) is 12.1 Å². The Bertz CT molecular complexity index is 578. The van der Waals surface area contributed by atoms with E-state index < -0.39 is 11.7 Å². The van der Waals surface area contributed by atoms with Crippen molar-refractivity contribution in [2.75, 3.05) is 13.1 Å². The van der Waals surface area contributed by atoms with E-state index >= 15 is 0 Å². The topological polar surface area (TPSA) is 32.3 Å². The number of hydrogen-bond donors (Lipinski definition) is 1. The summed E-state index contributed by atoms with van der Waals surface area (Å²) in [5.74, 6) is 0.138. The highest BCUT2D eigenvalue weighted by molar-refractivity contribution is 5.85. The molecule has 1 aliphatic carbocycles. The van der Waals surface area contributed by atoms with Gasteiger partial charge < -0.3 is 5.32 Å². The van der Waals surface area contributed by atoms with Crippen molar-refractivity contribution in [3.8, 4) is 0 Å². The van der Waals surface area contributed by atoms with Crippen LogP contribution in [-0.4, -0.2) is 29.9 Å². The lowest BCUT2D eigenvalue weighted by Crippen LogP contribution is -2.40. The Kier molecular flexibility index (Phi) is 4.12. The third-order valence-electron chi connectivity index (χ3n) is 4.84. The molecule has 2 fully saturated rings. The van der Waals surface area contributed by atoms with Gasteiger partial charge in [-0.05, 0) is 37.0 Å². The normalized spacial score (nSPS) is 23.7. The molecule has 126 valence electrons. The van der Waals surface area contributed by atoms with Gasteiger partial charge in [0.05, 0.1) is 5.56 Å². The van der Waals surface area contributed by atoms with E-state index in [4.69, 9.17) is 0 Å². The molecule has 2 aliphatic rings. The Morgan fingerprint density at radius 2 is 1.96 bits per heavy atom. The number of likely N-dealkylation sites (tertiary alicyclic amines) is 1. The largest absolute Gasteiger partial charge is 0.416 e. The Balaban J connectivity index is 1.51. The standard InChI is InChI=1S/C17H21F3N2O/c1-16(7-8-16)15(23)21-14-6-9-22(11-14)10-12-2-4-13(5-3-12)17(18,19)20/h2-5,14H,6-11H2,1H3,(H,21,23). The number of carbonyl (C=O) groups excluding carboxylic acids is 1. The summed E-state index contributed by atoms with van der Waals surface area (Å²) in [6.07, 6.45) is -1.48. The zero-order chi connectivity index (χ0) is 16.7. The highest BCUT2D eigenvalue weighted by Gasteiger charge is 2.45. The van der Waals surface area contributed by atoms with Gasteiger partial charge in [0, 0.05) is 31.1 Å². The second kappa shape index (κ2) is 5.82. The van der Waals surface area contributed by atoms with E-state index in [1.54, 1.807) is 0 Å². The fourth-order valence-electron chi connectivity index (χ4n) is 2.93. The molecule has 1 aromatic rings. The Hall–Kier alpha value is -1.56. The number of nitrogens with zero attached hydrogens (tertiary/aromatic N) is 1. The molecule has 1 heterocycles. The van der Waals surface area contributed by atoms with Crippen LogP contribution >= 0.6 is 0 Å². The van der Waals surface area contributed by atoms with Crippen LogP contribution in [0, 0.1) is 5.41 Å². The van der Waals surface area contributed by atoms with Crippen LogP contribution in [0.5, 0.6) is 0 Å². The maximum absolute atomic E-state index is 12.5. The van der Waals surface area contributed by atoms with Gasteiger partial charge >= 0.3 is 6.18 Å². The first kappa shape index (κ1) is 16.3. The van der Waals surface area contributed by atoms with E-state index in [1.807, 2.05) is 6.92 Å². The first-order chi connectivity index (χ1) is 10.8. The Morgan fingerprint density at radius 1 is 1.30 bits per heavy atom. The lowest BCUT2D eigenvalue weighted by molar-refractivity contribution is -0.137. The first-order valence-corrected chi connectivity index (χ1v) is 7.96. The maximum atomic E-state index is 12.5. The second-order valence-electron chi connectivity index (χ2n) is 6.95. The van der Waals surface area contributed by atoms with Crippen LogP contribution in [0.1, 0.15) is 37.3 Å². The summed E-state index contributed by atoms with van der Waals surface area (Å²) >= 11 is 0. The minimum Gasteiger partial charge on any atom is -0.352 e. The zero-order valence-electron chi connectivity index (χ0n) is 13.1. The molecule has 1 amide bonds. The van der Waals surface area contributed by atoms with E-state index in [-0.39, 0.29) is 17.4 Å². The summed E-state index contributed by atoms with van der Waals surface area (Å²) < 4.78 is 37.6. The van der Waals surface area contributed by atoms with Crippen molar-refractivity contribution in [3.63, 3.8) is 0 Å². The number of benzene rings is 1. The Morgan fingerprint density at radius 3 is 2.52 bits per heavy atom. The van der Waals surface area contributed by atoms with Crippen molar-refractivity contribution in [3.05, 3.63) is 35.4 Å². The molecule has 0 aromatic heterocycles. The highest BCUT2D eigenvalue weighted by atomic mass is 19.4. The van der Waals surface area contributed by atoms with Crippen LogP contribution in [-0.2, 0) is 17.5 Å². The molecule has 0 bridgehead atoms. The lowest BCUT2D eigenvalue weighted by Gasteiger charge is -2.18. The van der Waals surface area contributed by atoms with Crippen LogP contribution < -0.4 is 5.32 Å². The zero-order valence-corrected chi connectivity index (χ0v) is 13.1. The summed E-state index contributed by atoms with van der Waals surface area (Å²) in [6.45, 7) is 4.20. The molecule has 1 N–H and O–H groups in total. The van der Waals surface area contributed by atoms with Gasteiger partial charge in [0.2, 0.25) is 5.91 Å². The molecule has 1 saturated carbocycles. The number of amides is 1. The second-order valence-corrected chi connectivity index (χ2v) is 6.95. The number of carbonyl (C=O) groups is 1. The molecule has 3 nitrogen and oxygen atoms in total. The third kappa shape index (κ3) is 3.86. The number of nitrogens with one attached hydrogen (secondary N) is 1. The summed E-state index contributed by atoms with van der Waals surface area (Å²) in [6, 6.07) is 5.45. The molecule has 1 aromatic carbocycles. The molecule has 0 spiro atoms. The third-order valence-corrected chi connectivity index (χ3v) is 4.84. The average molecular weight is 326 g/mol. The highest BCUT2D eigenvalue weighted by Crippen LogP contribution is 2.45. The number of rotatable bonds is 4. The van der Waals surface area contributed by atoms with E-state index in [0.29, 0.717) is 6.54 Å². The minimum absolute atomic E-state index is 0.138. The summed E-state index contributed by atoms with van der Waals surface area (Å²) in [7, 11) is 0. The average Bonchev–Trinajstić information content (AvgIpc) is 3.09. The molecule has 0 radical (unpaired) electrons. The van der Waals surface area contributed by atoms with Gasteiger partial charge in [0.1, 0.15) is 0 Å². The molecule has 1 unspecified atom stereocenters. The van der Waals surface area contributed by atoms with Gasteiger partial charge in [0.15, 0.2) is 0 Å². The van der Waals surface area contributed by atoms with Gasteiger partial charge in [-0.2, -0.15) is 13.2 Å². The van der Waals surface area contributed by atoms with Gasteiger partial charge in [0.25, 0.3) is 0 Å². The van der Waals surface area contributed by atoms with Crippen LogP contribution in [0.3, 0.4) is 0 Å². The minimum atomic E-state index is -4.29. The van der Waals surface area contributed by atoms with Crippen molar-refractivity contribution in [1.29, 1.82) is 0 Å². The fourth-order valence-corrected chi connectivity index (χ4v) is 2.93. The van der Waals surface area contributed by atoms with Crippen molar-refractivity contribution < 1.29 is 18.0 Å². The molecular formula is C17H21F3N2O. The molecule has 1 aliphatic heterocycles. The van der Waals surface area contributed by atoms with E-state index in [9.17, 15) is 18.0 Å². The molecule has 1 saturated heterocycles. The van der Waals surface area contributed by atoms with Crippen molar-refractivity contribution in [2.45, 2.75) is 44.9 Å². The SMILES string of the molecule is CC1(C(=O)NC2CCN(Cc3ccc(C(F)(F)F)cc3)C2)CC1. The van der Waals surface area contributed by atoms with Crippen LogP contribution in [0.4, 0.5) is 13.2 Å². The quantitative estimate of drug-likeness (QED) is 0.921. The van der Waals surface area contributed by atoms with Gasteiger partial charge in [-0.15, -0.1) is 0 Å². The van der Waals surface area contributed by atoms with E-state index in [2.05, 4.69) is 10.2 Å². The predicted octanol–water partition coefficient (Wildman–Crippen LogP) is 3.20. The molecule has 1 atom stereocenters. The summed E-state index contributed by atoms with van der Waals surface area (Å²) in [5.41, 5.74) is 0.0746. The maximum Gasteiger partial charge on any atom is 0.416 e. The predicted molar refractivity (Wildman–Crippen MR) is 80.6 cm³/mol. The number of hydrogen-bond acceptors (Lipinski definition) is 2. The van der Waals surface area contributed by atoms with Crippen LogP contribution in [0.15, 0.2) is 24.3 Å². The fraction of sp³-hybridized carbons (Fsp3) is 0.588. The van der Waals surface area contributed by atoms with Crippen molar-refractivity contribution in [1.82, 2.24) is 10.2 Å². The Labute approximate surface area is 133 Å². The van der Waals surface area contributed by atoms with Crippen LogP contribution in [0.2, 0.25) is 0 Å². The smallest absolute Gasteiger partial charge is 0.352 e. The van der Waals surface area contributed by atoms with Crippen LogP contribution in [0.25, 0.3) is 0 Å².